The molecule has 0 aliphatic carbocycles. The Morgan fingerprint density at radius 3 is 2.85 bits per heavy atom. The number of fused-ring (bicyclic) bond motifs is 1. The number of hydrogen-bond acceptors (Lipinski definition) is 2. The molecule has 1 aromatic heterocycles. The predicted octanol–water partition coefficient (Wildman–Crippen LogP) is 2.57. The van der Waals surface area contributed by atoms with Gasteiger partial charge in [-0.2, -0.15) is 0 Å². The molecule has 0 bridgehead atoms. The summed E-state index contributed by atoms with van der Waals surface area (Å²) in [5, 5.41) is 0.961. The van der Waals surface area contributed by atoms with Crippen LogP contribution >= 0.6 is 15.9 Å². The Hall–Kier alpha value is -0.960. The van der Waals surface area contributed by atoms with Gasteiger partial charge in [0.1, 0.15) is 0 Å². The monoisotopic (exact) mass is 236 g/mol. The lowest BCUT2D eigenvalue weighted by molar-refractivity contribution is 1.16. The molecule has 1 aromatic carbocycles. The van der Waals surface area contributed by atoms with E-state index in [1.807, 2.05) is 12.1 Å². The molecule has 0 saturated carbocycles. The summed E-state index contributed by atoms with van der Waals surface area (Å²) in [6, 6.07) is 6.10. The van der Waals surface area contributed by atoms with Gasteiger partial charge in [0.2, 0.25) is 0 Å². The largest absolute Gasteiger partial charge is 0.253 e. The van der Waals surface area contributed by atoms with Crippen LogP contribution in [0.5, 0.6) is 0 Å². The summed E-state index contributed by atoms with van der Waals surface area (Å²) in [6.45, 7) is 0. The molecular formula is C10H9BrN2. The Kier molecular flexibility index (Phi) is 2.54. The van der Waals surface area contributed by atoms with Crippen LogP contribution in [0.2, 0.25) is 0 Å². The third kappa shape index (κ3) is 1.70. The van der Waals surface area contributed by atoms with Crippen molar-refractivity contribution in [1.82, 2.24) is 9.97 Å². The van der Waals surface area contributed by atoms with Gasteiger partial charge in [-0.1, -0.05) is 28.1 Å². The van der Waals surface area contributed by atoms with Crippen molar-refractivity contribution < 1.29 is 0 Å². The maximum Gasteiger partial charge on any atom is 0.0918 e. The van der Waals surface area contributed by atoms with Crippen molar-refractivity contribution in [3.63, 3.8) is 0 Å². The number of para-hydroxylation sites is 1. The summed E-state index contributed by atoms with van der Waals surface area (Å²) in [4.78, 5) is 8.56. The molecule has 0 unspecified atom stereocenters. The molecule has 1 heterocycles. The highest BCUT2D eigenvalue weighted by molar-refractivity contribution is 9.09. The van der Waals surface area contributed by atoms with Crippen LogP contribution in [-0.4, -0.2) is 15.3 Å². The summed E-state index contributed by atoms with van der Waals surface area (Å²) >= 11 is 3.42. The number of rotatable bonds is 2. The van der Waals surface area contributed by atoms with Crippen LogP contribution < -0.4 is 0 Å². The van der Waals surface area contributed by atoms with Crippen molar-refractivity contribution in [3.8, 4) is 0 Å². The molecule has 13 heavy (non-hydrogen) atoms. The van der Waals surface area contributed by atoms with E-state index in [4.69, 9.17) is 0 Å². The zero-order valence-electron chi connectivity index (χ0n) is 7.07. The molecule has 0 spiro atoms. The fourth-order valence-electron chi connectivity index (χ4n) is 1.36. The normalized spacial score (nSPS) is 10.5. The van der Waals surface area contributed by atoms with Crippen LogP contribution in [0.1, 0.15) is 5.56 Å². The highest BCUT2D eigenvalue weighted by Gasteiger charge is 2.00. The number of aryl methyl sites for hydroxylation is 1. The average molecular weight is 237 g/mol. The molecule has 0 aliphatic rings. The van der Waals surface area contributed by atoms with Crippen molar-refractivity contribution >= 4 is 27.0 Å². The van der Waals surface area contributed by atoms with E-state index in [9.17, 15) is 0 Å². The fraction of sp³-hybridized carbons (Fsp3) is 0.200. The topological polar surface area (TPSA) is 25.8 Å². The first-order chi connectivity index (χ1) is 6.42. The van der Waals surface area contributed by atoms with Crippen LogP contribution in [0.3, 0.4) is 0 Å². The number of nitrogens with zero attached hydrogens (tertiary/aromatic N) is 2. The second-order valence-corrected chi connectivity index (χ2v) is 3.57. The third-order valence-electron chi connectivity index (χ3n) is 1.95. The number of benzene rings is 1. The Morgan fingerprint density at radius 1 is 1.15 bits per heavy atom. The Morgan fingerprint density at radius 2 is 2.00 bits per heavy atom. The molecule has 0 atom stereocenters. The van der Waals surface area contributed by atoms with Crippen LogP contribution in [-0.2, 0) is 6.42 Å². The van der Waals surface area contributed by atoms with E-state index in [0.29, 0.717) is 0 Å². The van der Waals surface area contributed by atoms with Crippen LogP contribution in [0, 0.1) is 0 Å². The number of aromatic nitrogens is 2. The van der Waals surface area contributed by atoms with Gasteiger partial charge in [0.15, 0.2) is 0 Å². The summed E-state index contributed by atoms with van der Waals surface area (Å²) in [5.74, 6) is 0. The van der Waals surface area contributed by atoms with Gasteiger partial charge >= 0.3 is 0 Å². The van der Waals surface area contributed by atoms with Crippen LogP contribution in [0.25, 0.3) is 11.0 Å². The first-order valence-corrected chi connectivity index (χ1v) is 5.28. The predicted molar refractivity (Wildman–Crippen MR) is 57.0 cm³/mol. The van der Waals surface area contributed by atoms with Crippen molar-refractivity contribution in [2.45, 2.75) is 6.42 Å². The van der Waals surface area contributed by atoms with E-state index >= 15 is 0 Å². The number of alkyl halides is 1. The summed E-state index contributed by atoms with van der Waals surface area (Å²) in [6.07, 6.45) is 4.45. The minimum absolute atomic E-state index is 0.961. The van der Waals surface area contributed by atoms with Gasteiger partial charge in [-0.3, -0.25) is 9.97 Å². The number of halogens is 1. The molecule has 0 amide bonds. The van der Waals surface area contributed by atoms with E-state index in [0.717, 1.165) is 22.8 Å². The van der Waals surface area contributed by atoms with Gasteiger partial charge < -0.3 is 0 Å². The maximum absolute atomic E-state index is 4.32. The number of hydrogen-bond donors (Lipinski definition) is 0. The summed E-state index contributed by atoms with van der Waals surface area (Å²) < 4.78 is 0. The highest BCUT2D eigenvalue weighted by atomic mass is 79.9. The van der Waals surface area contributed by atoms with Gasteiger partial charge in [0, 0.05) is 17.7 Å². The van der Waals surface area contributed by atoms with E-state index in [1.165, 1.54) is 5.56 Å². The third-order valence-corrected chi connectivity index (χ3v) is 2.34. The van der Waals surface area contributed by atoms with Crippen molar-refractivity contribution in [2.24, 2.45) is 0 Å². The SMILES string of the molecule is BrCCc1cccc2nccnc12. The molecular weight excluding hydrogens is 228 g/mol. The highest BCUT2D eigenvalue weighted by Crippen LogP contribution is 2.14. The van der Waals surface area contributed by atoms with E-state index in [1.54, 1.807) is 12.4 Å². The molecule has 2 nitrogen and oxygen atoms in total. The lowest BCUT2D eigenvalue weighted by Crippen LogP contribution is -1.91. The second kappa shape index (κ2) is 3.83. The lowest BCUT2D eigenvalue weighted by Gasteiger charge is -2.01. The molecule has 66 valence electrons. The van der Waals surface area contributed by atoms with E-state index < -0.39 is 0 Å². The molecule has 0 aliphatic heterocycles. The molecule has 2 aromatic rings. The van der Waals surface area contributed by atoms with Gasteiger partial charge in [0.25, 0.3) is 0 Å². The second-order valence-electron chi connectivity index (χ2n) is 2.78. The summed E-state index contributed by atoms with van der Waals surface area (Å²) in [5.41, 5.74) is 3.24. The van der Waals surface area contributed by atoms with Crippen molar-refractivity contribution in [3.05, 3.63) is 36.2 Å². The Balaban J connectivity index is 2.61. The van der Waals surface area contributed by atoms with Gasteiger partial charge in [-0.25, -0.2) is 0 Å². The fourth-order valence-corrected chi connectivity index (χ4v) is 1.78. The minimum atomic E-state index is 0.961. The maximum atomic E-state index is 4.32. The zero-order valence-corrected chi connectivity index (χ0v) is 8.66. The lowest BCUT2D eigenvalue weighted by atomic mass is 10.1. The smallest absolute Gasteiger partial charge is 0.0918 e. The van der Waals surface area contributed by atoms with Gasteiger partial charge in [-0.05, 0) is 18.1 Å². The van der Waals surface area contributed by atoms with Crippen LogP contribution in [0.15, 0.2) is 30.6 Å². The quantitative estimate of drug-likeness (QED) is 0.750. The molecule has 0 saturated heterocycles. The van der Waals surface area contributed by atoms with E-state index in [-0.39, 0.29) is 0 Å². The van der Waals surface area contributed by atoms with Crippen LogP contribution in [0.4, 0.5) is 0 Å². The Labute approximate surface area is 85.1 Å². The molecule has 0 N–H and O–H groups in total. The molecule has 0 radical (unpaired) electrons. The summed E-state index contributed by atoms with van der Waals surface area (Å²) in [7, 11) is 0. The standard InChI is InChI=1S/C10H9BrN2/c11-5-4-8-2-1-3-9-10(8)13-7-6-12-9/h1-3,6-7H,4-5H2. The van der Waals surface area contributed by atoms with Crippen molar-refractivity contribution in [2.75, 3.05) is 5.33 Å². The average Bonchev–Trinajstić information content (AvgIpc) is 2.19. The molecule has 3 heteroatoms. The molecule has 2 rings (SSSR count). The van der Waals surface area contributed by atoms with E-state index in [2.05, 4.69) is 32.0 Å². The molecule has 0 fully saturated rings. The first-order valence-electron chi connectivity index (χ1n) is 4.16. The first kappa shape index (κ1) is 8.63. The van der Waals surface area contributed by atoms with Gasteiger partial charge in [0.05, 0.1) is 11.0 Å². The minimum Gasteiger partial charge on any atom is -0.253 e. The Bertz CT molecular complexity index is 409. The zero-order chi connectivity index (χ0) is 9.10. The van der Waals surface area contributed by atoms with Gasteiger partial charge in [-0.15, -0.1) is 0 Å². The van der Waals surface area contributed by atoms with Crippen molar-refractivity contribution in [1.29, 1.82) is 0 Å².